The minimum Gasteiger partial charge on any atom is -0.0994 e. The Bertz CT molecular complexity index is 216. The highest BCUT2D eigenvalue weighted by molar-refractivity contribution is 9.05. The van der Waals surface area contributed by atoms with Crippen LogP contribution in [0.5, 0.6) is 0 Å². The van der Waals surface area contributed by atoms with Gasteiger partial charge in [0.15, 0.2) is 0 Å². The Labute approximate surface area is 97.8 Å². The van der Waals surface area contributed by atoms with E-state index in [0.717, 1.165) is 0 Å². The largest absolute Gasteiger partial charge is 0.0994 e. The molecule has 0 atom stereocenters. The third-order valence-electron chi connectivity index (χ3n) is 1.07. The van der Waals surface area contributed by atoms with Gasteiger partial charge in [0, 0.05) is 9.79 Å². The lowest BCUT2D eigenvalue weighted by Gasteiger charge is -1.99. The zero-order valence-electron chi connectivity index (χ0n) is 5.84. The highest BCUT2D eigenvalue weighted by Gasteiger charge is 1.96. The number of benzene rings is 1. The van der Waals surface area contributed by atoms with Crippen LogP contribution in [0.4, 0.5) is 0 Å². The van der Waals surface area contributed by atoms with Crippen molar-refractivity contribution in [2.75, 3.05) is 0 Å². The van der Waals surface area contributed by atoms with E-state index in [1.165, 1.54) is 29.4 Å². The van der Waals surface area contributed by atoms with Crippen LogP contribution in [0.15, 0.2) is 34.1 Å². The second-order valence-corrected chi connectivity index (χ2v) is 7.94. The van der Waals surface area contributed by atoms with Gasteiger partial charge in [-0.1, -0.05) is 29.4 Å². The predicted molar refractivity (Wildman–Crippen MR) is 71.3 cm³/mol. The van der Waals surface area contributed by atoms with Crippen LogP contribution in [-0.4, -0.2) is 0 Å². The van der Waals surface area contributed by atoms with Crippen LogP contribution < -0.4 is 0 Å². The molecule has 0 bridgehead atoms. The maximum atomic E-state index is 4.07. The van der Waals surface area contributed by atoms with E-state index in [1.807, 2.05) is 6.07 Å². The second kappa shape index (κ2) is 6.73. The van der Waals surface area contributed by atoms with Crippen molar-refractivity contribution in [3.8, 4) is 0 Å². The van der Waals surface area contributed by atoms with E-state index in [9.17, 15) is 0 Å². The van der Waals surface area contributed by atoms with Gasteiger partial charge >= 0.3 is 0 Å². The summed E-state index contributed by atoms with van der Waals surface area (Å²) in [5.74, 6) is 0. The molecule has 12 heavy (non-hydrogen) atoms. The van der Waals surface area contributed by atoms with Crippen LogP contribution in [-0.2, 0) is 0 Å². The molecule has 0 spiro atoms. The van der Waals surface area contributed by atoms with Crippen LogP contribution in [0.1, 0.15) is 0 Å². The zero-order valence-corrected chi connectivity index (χ0v) is 10.9. The smallest absolute Gasteiger partial charge is 0.0202 e. The Balaban J connectivity index is 2.67. The van der Waals surface area contributed by atoms with Crippen LogP contribution in [0.3, 0.4) is 0 Å². The van der Waals surface area contributed by atoms with Gasteiger partial charge in [0.1, 0.15) is 0 Å². The molecule has 0 nitrogen and oxygen atoms in total. The molecule has 0 unspecified atom stereocenters. The average molecular weight is 271 g/mol. The summed E-state index contributed by atoms with van der Waals surface area (Å²) in [4.78, 5) is 2.45. The summed E-state index contributed by atoms with van der Waals surface area (Å²) in [5.41, 5.74) is 0. The molecular weight excluding hydrogens is 264 g/mol. The van der Waals surface area contributed by atoms with Crippen molar-refractivity contribution in [3.63, 3.8) is 0 Å². The third-order valence-corrected chi connectivity index (χ3v) is 5.06. The Morgan fingerprint density at radius 2 is 1.42 bits per heavy atom. The topological polar surface area (TPSA) is 0 Å². The first-order valence-electron chi connectivity index (χ1n) is 2.93. The Kier molecular flexibility index (Phi) is 6.39. The van der Waals surface area contributed by atoms with Crippen molar-refractivity contribution in [1.29, 1.82) is 0 Å². The molecule has 1 rings (SSSR count). The SMILES string of the molecule is SSSc1cccc(SSS)c1. The molecule has 0 heterocycles. The number of thiol groups is 2. The van der Waals surface area contributed by atoms with Gasteiger partial charge in [-0.05, 0) is 59.4 Å². The number of hydrogen-bond donors (Lipinski definition) is 2. The molecule has 0 saturated heterocycles. The molecule has 0 saturated carbocycles. The summed E-state index contributed by atoms with van der Waals surface area (Å²) in [7, 11) is 6.21. The lowest BCUT2D eigenvalue weighted by Crippen LogP contribution is -1.68. The fourth-order valence-corrected chi connectivity index (χ4v) is 4.22. The average Bonchev–Trinajstić information content (AvgIpc) is 2.06. The Morgan fingerprint density at radius 3 is 1.83 bits per heavy atom. The first-order valence-corrected chi connectivity index (χ1v) is 9.33. The molecule has 0 aliphatic rings. The lowest BCUT2D eigenvalue weighted by atomic mass is 10.4. The minimum atomic E-state index is 1.22. The standard InChI is InChI=1S/C6H6S6/c7-11-9-5-2-1-3-6(4-5)10-12-8/h1-4,7-8H. The summed E-state index contributed by atoms with van der Waals surface area (Å²) >= 11 is 8.14. The van der Waals surface area contributed by atoms with Gasteiger partial charge < -0.3 is 0 Å². The van der Waals surface area contributed by atoms with Gasteiger partial charge in [-0.2, -0.15) is 0 Å². The molecule has 1 aromatic carbocycles. The molecule has 66 valence electrons. The van der Waals surface area contributed by atoms with Crippen molar-refractivity contribution < 1.29 is 0 Å². The summed E-state index contributed by atoms with van der Waals surface area (Å²) < 4.78 is 0. The molecule has 0 aliphatic carbocycles. The molecule has 0 fully saturated rings. The van der Waals surface area contributed by atoms with E-state index in [-0.39, 0.29) is 0 Å². The first kappa shape index (κ1) is 11.4. The lowest BCUT2D eigenvalue weighted by molar-refractivity contribution is 1.35. The van der Waals surface area contributed by atoms with E-state index in [4.69, 9.17) is 0 Å². The number of hydrogen-bond acceptors (Lipinski definition) is 6. The molecule has 0 aliphatic heterocycles. The van der Waals surface area contributed by atoms with E-state index >= 15 is 0 Å². The molecule has 6 heteroatoms. The van der Waals surface area contributed by atoms with Gasteiger partial charge in [-0.3, -0.25) is 0 Å². The predicted octanol–water partition coefficient (Wildman–Crippen LogP) is 4.86. The number of rotatable bonds is 4. The first-order chi connectivity index (χ1) is 5.86. The highest BCUT2D eigenvalue weighted by atomic mass is 33.5. The molecular formula is C6H6S6. The van der Waals surface area contributed by atoms with Crippen molar-refractivity contribution in [2.45, 2.75) is 9.79 Å². The molecule has 0 aromatic heterocycles. The van der Waals surface area contributed by atoms with Gasteiger partial charge in [-0.25, -0.2) is 0 Å². The van der Waals surface area contributed by atoms with Crippen molar-refractivity contribution >= 4 is 64.6 Å². The quantitative estimate of drug-likeness (QED) is 0.592. The minimum absolute atomic E-state index is 1.22. The van der Waals surface area contributed by atoms with Gasteiger partial charge in [-0.15, -0.1) is 0 Å². The summed E-state index contributed by atoms with van der Waals surface area (Å²) in [6, 6.07) is 8.31. The van der Waals surface area contributed by atoms with Crippen molar-refractivity contribution in [2.24, 2.45) is 0 Å². The van der Waals surface area contributed by atoms with E-state index in [2.05, 4.69) is 41.5 Å². The van der Waals surface area contributed by atoms with Gasteiger partial charge in [0.2, 0.25) is 0 Å². The Morgan fingerprint density at radius 1 is 0.917 bits per heavy atom. The fraction of sp³-hybridized carbons (Fsp3) is 0. The second-order valence-electron chi connectivity index (χ2n) is 1.79. The van der Waals surface area contributed by atoms with Gasteiger partial charge in [0.05, 0.1) is 0 Å². The monoisotopic (exact) mass is 270 g/mol. The van der Waals surface area contributed by atoms with Crippen molar-refractivity contribution in [3.05, 3.63) is 24.3 Å². The summed E-state index contributed by atoms with van der Waals surface area (Å²) in [5, 5.41) is 0. The maximum absolute atomic E-state index is 4.07. The van der Waals surface area contributed by atoms with Crippen molar-refractivity contribution in [1.82, 2.24) is 0 Å². The normalized spacial score (nSPS) is 10.2. The zero-order chi connectivity index (χ0) is 8.81. The van der Waals surface area contributed by atoms with Crippen LogP contribution in [0.25, 0.3) is 0 Å². The van der Waals surface area contributed by atoms with Crippen LogP contribution >= 0.6 is 64.6 Å². The summed E-state index contributed by atoms with van der Waals surface area (Å²) in [6.45, 7) is 0. The third kappa shape index (κ3) is 4.02. The molecule has 0 amide bonds. The van der Waals surface area contributed by atoms with E-state index < -0.39 is 0 Å². The molecule has 0 radical (unpaired) electrons. The van der Waals surface area contributed by atoms with Crippen LogP contribution in [0.2, 0.25) is 0 Å². The fourth-order valence-electron chi connectivity index (χ4n) is 0.664. The molecule has 0 N–H and O–H groups in total. The maximum Gasteiger partial charge on any atom is 0.0202 e. The van der Waals surface area contributed by atoms with E-state index in [0.29, 0.717) is 0 Å². The van der Waals surface area contributed by atoms with E-state index in [1.54, 1.807) is 21.6 Å². The summed E-state index contributed by atoms with van der Waals surface area (Å²) in [6.07, 6.45) is 0. The van der Waals surface area contributed by atoms with Gasteiger partial charge in [0.25, 0.3) is 0 Å². The van der Waals surface area contributed by atoms with Crippen LogP contribution in [0, 0.1) is 0 Å². The highest BCUT2D eigenvalue weighted by Crippen LogP contribution is 2.38. The Hall–Kier alpha value is 1.32. The molecule has 1 aromatic rings.